The first kappa shape index (κ1) is 19.4. The molecule has 0 fully saturated rings. The van der Waals surface area contributed by atoms with Crippen molar-refractivity contribution < 1.29 is 4.74 Å². The molecule has 0 saturated carbocycles. The van der Waals surface area contributed by atoms with Crippen molar-refractivity contribution in [2.75, 3.05) is 5.32 Å². The van der Waals surface area contributed by atoms with E-state index >= 15 is 0 Å². The first-order valence-electron chi connectivity index (χ1n) is 9.36. The average Bonchev–Trinajstić information content (AvgIpc) is 3.12. The van der Waals surface area contributed by atoms with Crippen molar-refractivity contribution in [1.82, 2.24) is 15.2 Å². The van der Waals surface area contributed by atoms with Crippen LogP contribution in [0.3, 0.4) is 0 Å². The lowest BCUT2D eigenvalue weighted by Crippen LogP contribution is -2.16. The lowest BCUT2D eigenvalue weighted by molar-refractivity contribution is 0.228. The Morgan fingerprint density at radius 2 is 1.93 bits per heavy atom. The lowest BCUT2D eigenvalue weighted by atomic mass is 10.1. The summed E-state index contributed by atoms with van der Waals surface area (Å²) in [5, 5.41) is 15.7. The van der Waals surface area contributed by atoms with Gasteiger partial charge < -0.3 is 10.1 Å². The normalized spacial score (nSPS) is 14.8. The van der Waals surface area contributed by atoms with Gasteiger partial charge in [0.05, 0.1) is 4.88 Å². The summed E-state index contributed by atoms with van der Waals surface area (Å²) in [6.45, 7) is 2.08. The molecule has 1 N–H and O–H groups in total. The number of aryl methyl sites for hydroxylation is 1. The molecule has 0 aliphatic carbocycles. The standard InChI is InChI=1S/C22H17ClN4OS2/c1-13-10-11-29-19(13)21-24-17-5-3-2-4-16(17)18-20(28-21)25-22(27-26-18)30-12-14-6-8-15(23)9-7-14/h2-11,21,24H,12H2,1H3. The minimum Gasteiger partial charge on any atom is -0.447 e. The highest BCUT2D eigenvalue weighted by molar-refractivity contribution is 7.98. The first-order valence-corrected chi connectivity index (χ1v) is 11.6. The van der Waals surface area contributed by atoms with Crippen LogP contribution in [-0.4, -0.2) is 15.2 Å². The van der Waals surface area contributed by atoms with E-state index in [0.29, 0.717) is 16.7 Å². The van der Waals surface area contributed by atoms with E-state index in [1.807, 2.05) is 48.5 Å². The van der Waals surface area contributed by atoms with Gasteiger partial charge in [-0.05, 0) is 47.7 Å². The van der Waals surface area contributed by atoms with Crippen molar-refractivity contribution in [3.8, 4) is 17.1 Å². The molecule has 5 rings (SSSR count). The van der Waals surface area contributed by atoms with Crippen LogP contribution in [0.5, 0.6) is 5.88 Å². The number of nitrogens with one attached hydrogen (secondary N) is 1. The van der Waals surface area contributed by atoms with Gasteiger partial charge in [0.2, 0.25) is 17.3 Å². The van der Waals surface area contributed by atoms with Crippen LogP contribution in [-0.2, 0) is 5.75 Å². The van der Waals surface area contributed by atoms with Crippen molar-refractivity contribution in [2.45, 2.75) is 24.1 Å². The van der Waals surface area contributed by atoms with Crippen LogP contribution in [0.2, 0.25) is 5.02 Å². The molecule has 8 heteroatoms. The summed E-state index contributed by atoms with van der Waals surface area (Å²) in [5.41, 5.74) is 4.84. The molecule has 3 heterocycles. The summed E-state index contributed by atoms with van der Waals surface area (Å²) in [4.78, 5) is 5.82. The largest absolute Gasteiger partial charge is 0.447 e. The van der Waals surface area contributed by atoms with Gasteiger partial charge >= 0.3 is 0 Å². The van der Waals surface area contributed by atoms with E-state index in [1.165, 1.54) is 17.3 Å². The Morgan fingerprint density at radius 3 is 2.73 bits per heavy atom. The fourth-order valence-corrected chi connectivity index (χ4v) is 4.97. The number of anilines is 1. The Labute approximate surface area is 187 Å². The van der Waals surface area contributed by atoms with E-state index in [-0.39, 0.29) is 6.23 Å². The number of nitrogens with zero attached hydrogens (tertiary/aromatic N) is 3. The van der Waals surface area contributed by atoms with Crippen molar-refractivity contribution in [3.63, 3.8) is 0 Å². The summed E-state index contributed by atoms with van der Waals surface area (Å²) in [5.74, 6) is 1.21. The molecular formula is C22H17ClN4OS2. The van der Waals surface area contributed by atoms with E-state index in [9.17, 15) is 0 Å². The number of aromatic nitrogens is 3. The molecule has 0 radical (unpaired) electrons. The van der Waals surface area contributed by atoms with Crippen LogP contribution in [0.15, 0.2) is 65.1 Å². The van der Waals surface area contributed by atoms with Gasteiger partial charge in [0.25, 0.3) is 0 Å². The van der Waals surface area contributed by atoms with Gasteiger partial charge in [-0.15, -0.1) is 21.5 Å². The van der Waals surface area contributed by atoms with Crippen LogP contribution in [0.4, 0.5) is 5.69 Å². The van der Waals surface area contributed by atoms with Crippen molar-refractivity contribution in [1.29, 1.82) is 0 Å². The van der Waals surface area contributed by atoms with Crippen LogP contribution < -0.4 is 10.1 Å². The van der Waals surface area contributed by atoms with E-state index in [1.54, 1.807) is 11.3 Å². The third kappa shape index (κ3) is 3.88. The number of rotatable bonds is 4. The van der Waals surface area contributed by atoms with E-state index in [0.717, 1.165) is 32.5 Å². The highest BCUT2D eigenvalue weighted by Gasteiger charge is 2.27. The molecule has 5 nitrogen and oxygen atoms in total. The second kappa shape index (κ2) is 8.26. The highest BCUT2D eigenvalue weighted by atomic mass is 35.5. The zero-order valence-electron chi connectivity index (χ0n) is 16.0. The first-order chi connectivity index (χ1) is 14.7. The SMILES string of the molecule is Cc1ccsc1C1Nc2ccccc2-c2nnc(SCc3ccc(Cl)cc3)nc2O1. The van der Waals surface area contributed by atoms with Gasteiger partial charge in [-0.25, -0.2) is 0 Å². The molecule has 1 atom stereocenters. The average molecular weight is 453 g/mol. The quantitative estimate of drug-likeness (QED) is 0.363. The van der Waals surface area contributed by atoms with E-state index in [2.05, 4.69) is 33.9 Å². The lowest BCUT2D eigenvalue weighted by Gasteiger charge is -2.18. The van der Waals surface area contributed by atoms with Gasteiger partial charge in [0.1, 0.15) is 0 Å². The molecule has 4 aromatic rings. The molecule has 2 aromatic heterocycles. The van der Waals surface area contributed by atoms with Crippen LogP contribution >= 0.6 is 34.7 Å². The minimum atomic E-state index is -0.335. The Kier molecular flexibility index (Phi) is 5.33. The van der Waals surface area contributed by atoms with Gasteiger partial charge in [-0.3, -0.25) is 0 Å². The molecular weight excluding hydrogens is 436 g/mol. The molecule has 1 unspecified atom stereocenters. The second-order valence-corrected chi connectivity index (χ2v) is 9.15. The fraction of sp³-hybridized carbons (Fsp3) is 0.136. The number of fused-ring (bicyclic) bond motifs is 3. The van der Waals surface area contributed by atoms with Crippen molar-refractivity contribution in [3.05, 3.63) is 81.0 Å². The van der Waals surface area contributed by atoms with Crippen LogP contribution in [0, 0.1) is 6.92 Å². The van der Waals surface area contributed by atoms with E-state index in [4.69, 9.17) is 21.3 Å². The Bertz CT molecular complexity index is 1200. The Morgan fingerprint density at radius 1 is 1.10 bits per heavy atom. The fourth-order valence-electron chi connectivity index (χ4n) is 3.21. The molecule has 150 valence electrons. The molecule has 0 amide bonds. The number of para-hydroxylation sites is 1. The molecule has 0 spiro atoms. The number of hydrogen-bond acceptors (Lipinski definition) is 7. The number of thioether (sulfide) groups is 1. The summed E-state index contributed by atoms with van der Waals surface area (Å²) in [6.07, 6.45) is -0.335. The maximum Gasteiger partial charge on any atom is 0.247 e. The van der Waals surface area contributed by atoms with Crippen LogP contribution in [0.25, 0.3) is 11.3 Å². The summed E-state index contributed by atoms with van der Waals surface area (Å²) >= 11 is 9.15. The van der Waals surface area contributed by atoms with Crippen LogP contribution in [0.1, 0.15) is 22.2 Å². The number of thiophene rings is 1. The minimum absolute atomic E-state index is 0.335. The van der Waals surface area contributed by atoms with Crippen molar-refractivity contribution in [2.24, 2.45) is 0 Å². The van der Waals surface area contributed by atoms with E-state index < -0.39 is 0 Å². The molecule has 1 aliphatic heterocycles. The highest BCUT2D eigenvalue weighted by Crippen LogP contribution is 2.41. The monoisotopic (exact) mass is 452 g/mol. The summed E-state index contributed by atoms with van der Waals surface area (Å²) < 4.78 is 6.33. The molecule has 1 aliphatic rings. The summed E-state index contributed by atoms with van der Waals surface area (Å²) in [6, 6.07) is 17.9. The third-order valence-electron chi connectivity index (χ3n) is 4.75. The Balaban J connectivity index is 1.48. The third-order valence-corrected chi connectivity index (χ3v) is 6.98. The van der Waals surface area contributed by atoms with Gasteiger partial charge in [0, 0.05) is 22.0 Å². The van der Waals surface area contributed by atoms with Gasteiger partial charge in [0.15, 0.2) is 5.69 Å². The number of hydrogen-bond donors (Lipinski definition) is 1. The second-order valence-electron chi connectivity index (χ2n) is 6.82. The molecule has 2 aromatic carbocycles. The zero-order valence-corrected chi connectivity index (χ0v) is 18.4. The number of halogens is 1. The summed E-state index contributed by atoms with van der Waals surface area (Å²) in [7, 11) is 0. The maximum absolute atomic E-state index is 6.33. The predicted molar refractivity (Wildman–Crippen MR) is 122 cm³/mol. The zero-order chi connectivity index (χ0) is 20.5. The number of ether oxygens (including phenoxy) is 1. The topological polar surface area (TPSA) is 59.9 Å². The smallest absolute Gasteiger partial charge is 0.247 e. The molecule has 0 bridgehead atoms. The number of benzene rings is 2. The maximum atomic E-state index is 6.33. The van der Waals surface area contributed by atoms with Crippen molar-refractivity contribution >= 4 is 40.4 Å². The molecule has 0 saturated heterocycles. The predicted octanol–water partition coefficient (Wildman–Crippen LogP) is 6.36. The Hall–Kier alpha value is -2.61. The van der Waals surface area contributed by atoms with Gasteiger partial charge in [-0.2, -0.15) is 4.98 Å². The van der Waals surface area contributed by atoms with Gasteiger partial charge in [-0.1, -0.05) is 53.7 Å². The molecule has 30 heavy (non-hydrogen) atoms.